The van der Waals surface area contributed by atoms with Gasteiger partial charge in [0.15, 0.2) is 5.15 Å². The van der Waals surface area contributed by atoms with Gasteiger partial charge in [0.05, 0.1) is 11.3 Å². The van der Waals surface area contributed by atoms with Crippen molar-refractivity contribution in [3.63, 3.8) is 0 Å². The molecule has 1 heterocycles. The molecular weight excluding hydrogens is 302 g/mol. The minimum atomic E-state index is -0.594. The van der Waals surface area contributed by atoms with Crippen molar-refractivity contribution in [3.05, 3.63) is 57.1 Å². The van der Waals surface area contributed by atoms with Gasteiger partial charge in [-0.3, -0.25) is 4.79 Å². The lowest BCUT2D eigenvalue weighted by atomic mass is 10.1. The summed E-state index contributed by atoms with van der Waals surface area (Å²) < 4.78 is 13.7. The zero-order valence-electron chi connectivity index (χ0n) is 10.8. The van der Waals surface area contributed by atoms with Crippen LogP contribution >= 0.6 is 23.2 Å². The molecule has 1 aromatic heterocycles. The van der Waals surface area contributed by atoms with Crippen LogP contribution in [0.15, 0.2) is 24.3 Å². The van der Waals surface area contributed by atoms with E-state index in [9.17, 15) is 9.18 Å². The summed E-state index contributed by atoms with van der Waals surface area (Å²) in [7, 11) is 0. The van der Waals surface area contributed by atoms with Crippen LogP contribution in [-0.2, 0) is 0 Å². The predicted molar refractivity (Wildman–Crippen MR) is 78.1 cm³/mol. The predicted octanol–water partition coefficient (Wildman–Crippen LogP) is 4.40. The van der Waals surface area contributed by atoms with Crippen molar-refractivity contribution in [1.29, 1.82) is 0 Å². The van der Waals surface area contributed by atoms with Gasteiger partial charge >= 0.3 is 0 Å². The van der Waals surface area contributed by atoms with E-state index in [1.807, 2.05) is 0 Å². The Morgan fingerprint density at radius 2 is 1.95 bits per heavy atom. The Hall–Kier alpha value is -1.65. The van der Waals surface area contributed by atoms with Crippen LogP contribution in [0.5, 0.6) is 0 Å². The fraction of sp³-hybridized carbons (Fsp3) is 0.143. The van der Waals surface area contributed by atoms with Crippen LogP contribution in [0, 0.1) is 19.7 Å². The maximum absolute atomic E-state index is 13.7. The molecule has 3 nitrogen and oxygen atoms in total. The van der Waals surface area contributed by atoms with Gasteiger partial charge < -0.3 is 5.32 Å². The largest absolute Gasteiger partial charge is 0.319 e. The lowest BCUT2D eigenvalue weighted by molar-refractivity contribution is 0.102. The molecule has 1 amide bonds. The molecule has 20 heavy (non-hydrogen) atoms. The second kappa shape index (κ2) is 5.77. The van der Waals surface area contributed by atoms with Crippen LogP contribution < -0.4 is 5.32 Å². The average Bonchev–Trinajstić information content (AvgIpc) is 2.36. The summed E-state index contributed by atoms with van der Waals surface area (Å²) in [5, 5.41) is 2.85. The molecule has 0 saturated carbocycles. The molecule has 0 unspecified atom stereocenters. The third kappa shape index (κ3) is 3.08. The van der Waals surface area contributed by atoms with E-state index in [4.69, 9.17) is 23.2 Å². The van der Waals surface area contributed by atoms with Crippen LogP contribution in [0.1, 0.15) is 21.5 Å². The molecule has 1 N–H and O–H groups in total. The SMILES string of the molecule is Cc1ccc(F)c(C(=O)Nc2c(C)cc(Cl)nc2Cl)c1. The molecule has 2 rings (SSSR count). The number of carbonyl (C=O) groups excluding carboxylic acids is 1. The number of amides is 1. The summed E-state index contributed by atoms with van der Waals surface area (Å²) in [5.41, 5.74) is 1.71. The van der Waals surface area contributed by atoms with Gasteiger partial charge in [0.25, 0.3) is 5.91 Å². The number of aromatic nitrogens is 1. The van der Waals surface area contributed by atoms with Gasteiger partial charge in [-0.25, -0.2) is 9.37 Å². The van der Waals surface area contributed by atoms with Crippen LogP contribution in [0.3, 0.4) is 0 Å². The highest BCUT2D eigenvalue weighted by atomic mass is 35.5. The van der Waals surface area contributed by atoms with Gasteiger partial charge in [-0.05, 0) is 37.6 Å². The minimum Gasteiger partial charge on any atom is -0.319 e. The highest BCUT2D eigenvalue weighted by Crippen LogP contribution is 2.27. The molecule has 0 aliphatic heterocycles. The second-order valence-corrected chi connectivity index (χ2v) is 5.11. The lowest BCUT2D eigenvalue weighted by Gasteiger charge is -2.11. The maximum Gasteiger partial charge on any atom is 0.258 e. The smallest absolute Gasteiger partial charge is 0.258 e. The number of rotatable bonds is 2. The number of hydrogen-bond acceptors (Lipinski definition) is 2. The first kappa shape index (κ1) is 14.8. The van der Waals surface area contributed by atoms with Crippen LogP contribution in [0.4, 0.5) is 10.1 Å². The van der Waals surface area contributed by atoms with Gasteiger partial charge in [-0.1, -0.05) is 34.8 Å². The molecule has 6 heteroatoms. The van der Waals surface area contributed by atoms with Crippen LogP contribution in [-0.4, -0.2) is 10.9 Å². The van der Waals surface area contributed by atoms with E-state index in [2.05, 4.69) is 10.3 Å². The lowest BCUT2D eigenvalue weighted by Crippen LogP contribution is -2.15. The molecule has 1 aromatic carbocycles. The molecule has 0 bridgehead atoms. The highest BCUT2D eigenvalue weighted by Gasteiger charge is 2.16. The Morgan fingerprint density at radius 3 is 2.60 bits per heavy atom. The number of pyridine rings is 1. The van der Waals surface area contributed by atoms with Gasteiger partial charge in [-0.15, -0.1) is 0 Å². The molecular formula is C14H11Cl2FN2O. The van der Waals surface area contributed by atoms with Gasteiger partial charge in [0.2, 0.25) is 0 Å². The van der Waals surface area contributed by atoms with Gasteiger partial charge in [0, 0.05) is 0 Å². The molecule has 0 atom stereocenters. The molecule has 0 aliphatic rings. The molecule has 0 spiro atoms. The van der Waals surface area contributed by atoms with Crippen molar-refractivity contribution in [2.24, 2.45) is 0 Å². The summed E-state index contributed by atoms with van der Waals surface area (Å²) in [6, 6.07) is 5.87. The molecule has 0 radical (unpaired) electrons. The second-order valence-electron chi connectivity index (χ2n) is 4.37. The van der Waals surface area contributed by atoms with E-state index in [0.717, 1.165) is 5.56 Å². The summed E-state index contributed by atoms with van der Waals surface area (Å²) in [6.45, 7) is 3.50. The van der Waals surface area contributed by atoms with E-state index < -0.39 is 11.7 Å². The summed E-state index contributed by atoms with van der Waals surface area (Å²) >= 11 is 11.7. The van der Waals surface area contributed by atoms with Crippen LogP contribution in [0.2, 0.25) is 10.3 Å². The van der Waals surface area contributed by atoms with Crippen molar-refractivity contribution >= 4 is 34.8 Å². The maximum atomic E-state index is 13.7. The summed E-state index contributed by atoms with van der Waals surface area (Å²) in [6.07, 6.45) is 0. The number of nitrogens with zero attached hydrogens (tertiary/aromatic N) is 1. The Morgan fingerprint density at radius 1 is 1.25 bits per heavy atom. The summed E-state index contributed by atoms with van der Waals surface area (Å²) in [5.74, 6) is -1.18. The monoisotopic (exact) mass is 312 g/mol. The van der Waals surface area contributed by atoms with Crippen molar-refractivity contribution in [2.45, 2.75) is 13.8 Å². The molecule has 0 fully saturated rings. The molecule has 0 saturated heterocycles. The number of halogens is 3. The normalized spacial score (nSPS) is 10.4. The fourth-order valence-electron chi connectivity index (χ4n) is 1.74. The zero-order chi connectivity index (χ0) is 14.9. The Labute approximate surface area is 125 Å². The molecule has 2 aromatic rings. The number of carbonyl (C=O) groups is 1. The van der Waals surface area contributed by atoms with E-state index in [1.54, 1.807) is 26.0 Å². The van der Waals surface area contributed by atoms with E-state index in [0.29, 0.717) is 11.3 Å². The summed E-state index contributed by atoms with van der Waals surface area (Å²) in [4.78, 5) is 15.9. The number of anilines is 1. The zero-order valence-corrected chi connectivity index (χ0v) is 12.3. The fourth-order valence-corrected chi connectivity index (χ4v) is 2.32. The number of benzene rings is 1. The average molecular weight is 313 g/mol. The van der Waals surface area contributed by atoms with Crippen molar-refractivity contribution in [2.75, 3.05) is 5.32 Å². The van der Waals surface area contributed by atoms with E-state index in [-0.39, 0.29) is 15.9 Å². The minimum absolute atomic E-state index is 0.0459. The Balaban J connectivity index is 2.35. The van der Waals surface area contributed by atoms with E-state index in [1.165, 1.54) is 12.1 Å². The number of aryl methyl sites for hydroxylation is 2. The number of hydrogen-bond donors (Lipinski definition) is 1. The Kier molecular flexibility index (Phi) is 4.26. The van der Waals surface area contributed by atoms with Gasteiger partial charge in [0.1, 0.15) is 11.0 Å². The van der Waals surface area contributed by atoms with Crippen LogP contribution in [0.25, 0.3) is 0 Å². The molecule has 0 aliphatic carbocycles. The first-order chi connectivity index (χ1) is 9.38. The third-order valence-corrected chi connectivity index (χ3v) is 3.21. The Bertz CT molecular complexity index is 666. The highest BCUT2D eigenvalue weighted by molar-refractivity contribution is 6.35. The third-order valence-electron chi connectivity index (χ3n) is 2.75. The van der Waals surface area contributed by atoms with Crippen molar-refractivity contribution < 1.29 is 9.18 Å². The first-order valence-electron chi connectivity index (χ1n) is 5.78. The van der Waals surface area contributed by atoms with Crippen molar-refractivity contribution in [1.82, 2.24) is 4.98 Å². The quantitative estimate of drug-likeness (QED) is 0.835. The topological polar surface area (TPSA) is 42.0 Å². The van der Waals surface area contributed by atoms with Crippen molar-refractivity contribution in [3.8, 4) is 0 Å². The first-order valence-corrected chi connectivity index (χ1v) is 6.54. The standard InChI is InChI=1S/C14H11Cl2FN2O/c1-7-3-4-10(17)9(5-7)14(20)19-12-8(2)6-11(15)18-13(12)16/h3-6H,1-2H3,(H,19,20). The van der Waals surface area contributed by atoms with E-state index >= 15 is 0 Å². The van der Waals surface area contributed by atoms with Gasteiger partial charge in [-0.2, -0.15) is 0 Å². The molecule has 104 valence electrons. The number of nitrogens with one attached hydrogen (secondary N) is 1.